The molecule has 8 heteroatoms. The molecule has 1 saturated heterocycles. The molecule has 0 radical (unpaired) electrons. The van der Waals surface area contributed by atoms with E-state index in [0.717, 1.165) is 12.8 Å². The maximum absolute atomic E-state index is 11.1. The van der Waals surface area contributed by atoms with Gasteiger partial charge in [0.15, 0.2) is 0 Å². The maximum Gasteiger partial charge on any atom is 0.372 e. The van der Waals surface area contributed by atoms with Gasteiger partial charge in [0.05, 0.1) is 12.0 Å². The Morgan fingerprint density at radius 3 is 2.74 bits per heavy atom. The van der Waals surface area contributed by atoms with Gasteiger partial charge < -0.3 is 14.7 Å². The Bertz CT molecular complexity index is 460. The third-order valence-corrected chi connectivity index (χ3v) is 3.32. The van der Waals surface area contributed by atoms with E-state index in [1.165, 1.54) is 13.4 Å². The largest absolute Gasteiger partial charge is 0.476 e. The summed E-state index contributed by atoms with van der Waals surface area (Å²) < 4.78 is 4.92. The lowest BCUT2D eigenvalue weighted by molar-refractivity contribution is -0.385. The first-order valence-corrected chi connectivity index (χ1v) is 6.06. The second kappa shape index (κ2) is 5.79. The van der Waals surface area contributed by atoms with Crippen LogP contribution in [0.15, 0.2) is 6.33 Å². The van der Waals surface area contributed by atoms with E-state index >= 15 is 0 Å². The lowest BCUT2D eigenvalue weighted by Crippen LogP contribution is -2.35. The van der Waals surface area contributed by atoms with Crippen molar-refractivity contribution in [2.45, 2.75) is 12.8 Å². The molecule has 0 unspecified atom stereocenters. The first kappa shape index (κ1) is 13.5. The van der Waals surface area contributed by atoms with Gasteiger partial charge in [0.25, 0.3) is 5.88 Å². The number of nitrogens with zero attached hydrogens (tertiary/aromatic N) is 4. The van der Waals surface area contributed by atoms with Crippen molar-refractivity contribution in [3.8, 4) is 5.88 Å². The number of methoxy groups -OCH3 is 1. The van der Waals surface area contributed by atoms with Crippen LogP contribution in [0, 0.1) is 16.0 Å². The van der Waals surface area contributed by atoms with Gasteiger partial charge in [-0.15, -0.1) is 0 Å². The Balaban J connectivity index is 2.27. The molecule has 19 heavy (non-hydrogen) atoms. The van der Waals surface area contributed by atoms with Crippen molar-refractivity contribution in [1.29, 1.82) is 0 Å². The zero-order valence-corrected chi connectivity index (χ0v) is 10.7. The van der Waals surface area contributed by atoms with Gasteiger partial charge in [-0.25, -0.2) is 4.98 Å². The molecule has 1 aromatic heterocycles. The summed E-state index contributed by atoms with van der Waals surface area (Å²) in [6.07, 6.45) is 2.85. The van der Waals surface area contributed by atoms with Crippen molar-refractivity contribution in [3.63, 3.8) is 0 Å². The van der Waals surface area contributed by atoms with Gasteiger partial charge in [-0.05, 0) is 18.8 Å². The second-order valence-electron chi connectivity index (χ2n) is 4.43. The Kier molecular flexibility index (Phi) is 4.10. The number of ether oxygens (including phenoxy) is 1. The number of hydrogen-bond acceptors (Lipinski definition) is 7. The van der Waals surface area contributed by atoms with Crippen LogP contribution in [0.4, 0.5) is 11.5 Å². The molecule has 0 aromatic carbocycles. The highest BCUT2D eigenvalue weighted by molar-refractivity contribution is 5.62. The van der Waals surface area contributed by atoms with Gasteiger partial charge in [0.1, 0.15) is 6.33 Å². The normalized spacial score (nSPS) is 16.4. The van der Waals surface area contributed by atoms with E-state index in [9.17, 15) is 10.1 Å². The topological polar surface area (TPSA) is 102 Å². The van der Waals surface area contributed by atoms with Gasteiger partial charge in [-0.2, -0.15) is 4.98 Å². The van der Waals surface area contributed by atoms with Crippen molar-refractivity contribution < 1.29 is 14.8 Å². The number of rotatable bonds is 4. The van der Waals surface area contributed by atoms with Crippen molar-refractivity contribution in [3.05, 3.63) is 16.4 Å². The van der Waals surface area contributed by atoms with Crippen molar-refractivity contribution in [2.75, 3.05) is 31.7 Å². The molecule has 0 aliphatic carbocycles. The molecule has 0 atom stereocenters. The van der Waals surface area contributed by atoms with Crippen LogP contribution in [0.3, 0.4) is 0 Å². The highest BCUT2D eigenvalue weighted by Gasteiger charge is 2.30. The van der Waals surface area contributed by atoms with Gasteiger partial charge in [-0.1, -0.05) is 0 Å². The highest BCUT2D eigenvalue weighted by atomic mass is 16.6. The summed E-state index contributed by atoms with van der Waals surface area (Å²) in [6, 6.07) is 0. The number of piperidine rings is 1. The molecule has 0 spiro atoms. The number of anilines is 1. The lowest BCUT2D eigenvalue weighted by atomic mass is 9.98. The number of aromatic nitrogens is 2. The van der Waals surface area contributed by atoms with E-state index < -0.39 is 4.92 Å². The van der Waals surface area contributed by atoms with Gasteiger partial charge in [0.2, 0.25) is 5.82 Å². The number of aliphatic hydroxyl groups excluding tert-OH is 1. The molecule has 104 valence electrons. The highest BCUT2D eigenvalue weighted by Crippen LogP contribution is 2.34. The van der Waals surface area contributed by atoms with Crippen molar-refractivity contribution in [2.24, 2.45) is 5.92 Å². The van der Waals surface area contributed by atoms with Crippen molar-refractivity contribution in [1.82, 2.24) is 9.97 Å². The van der Waals surface area contributed by atoms with Gasteiger partial charge >= 0.3 is 5.69 Å². The van der Waals surface area contributed by atoms with E-state index in [1.54, 1.807) is 0 Å². The minimum absolute atomic E-state index is 0.0284. The molecule has 2 heterocycles. The average Bonchev–Trinajstić information content (AvgIpc) is 2.46. The van der Waals surface area contributed by atoms with Gasteiger partial charge in [0, 0.05) is 19.7 Å². The fraction of sp³-hybridized carbons (Fsp3) is 0.636. The number of hydrogen-bond donors (Lipinski definition) is 1. The molecule has 0 bridgehead atoms. The summed E-state index contributed by atoms with van der Waals surface area (Å²) in [5.41, 5.74) is -0.201. The van der Waals surface area contributed by atoms with Crippen LogP contribution < -0.4 is 9.64 Å². The van der Waals surface area contributed by atoms with E-state index in [2.05, 4.69) is 9.97 Å². The van der Waals surface area contributed by atoms with Crippen LogP contribution in [0.25, 0.3) is 0 Å². The molecule has 8 nitrogen and oxygen atoms in total. The molecular formula is C11H16N4O4. The third kappa shape index (κ3) is 2.73. The molecule has 1 aliphatic rings. The fourth-order valence-corrected chi connectivity index (χ4v) is 2.22. The minimum atomic E-state index is -0.522. The van der Waals surface area contributed by atoms with Gasteiger partial charge in [-0.3, -0.25) is 10.1 Å². The molecule has 0 amide bonds. The first-order valence-electron chi connectivity index (χ1n) is 6.06. The third-order valence-electron chi connectivity index (χ3n) is 3.32. The van der Waals surface area contributed by atoms with E-state index in [-0.39, 0.29) is 29.9 Å². The summed E-state index contributed by atoms with van der Waals surface area (Å²) in [5, 5.41) is 20.2. The Morgan fingerprint density at radius 2 is 2.21 bits per heavy atom. The van der Waals surface area contributed by atoms with Crippen LogP contribution >= 0.6 is 0 Å². The summed E-state index contributed by atoms with van der Waals surface area (Å²) in [5.74, 6) is 0.520. The van der Waals surface area contributed by atoms with Crippen LogP contribution in [0.1, 0.15) is 12.8 Å². The molecule has 1 N–H and O–H groups in total. The molecule has 1 aromatic rings. The Morgan fingerprint density at radius 1 is 1.53 bits per heavy atom. The predicted molar refractivity (Wildman–Crippen MR) is 67.3 cm³/mol. The smallest absolute Gasteiger partial charge is 0.372 e. The fourth-order valence-electron chi connectivity index (χ4n) is 2.22. The summed E-state index contributed by atoms with van der Waals surface area (Å²) in [7, 11) is 1.34. The minimum Gasteiger partial charge on any atom is -0.476 e. The molecule has 1 aliphatic heterocycles. The number of nitro groups is 1. The second-order valence-corrected chi connectivity index (χ2v) is 4.43. The van der Waals surface area contributed by atoms with Crippen molar-refractivity contribution >= 4 is 11.5 Å². The van der Waals surface area contributed by atoms with E-state index in [4.69, 9.17) is 9.84 Å². The monoisotopic (exact) mass is 268 g/mol. The van der Waals surface area contributed by atoms with E-state index in [0.29, 0.717) is 13.1 Å². The maximum atomic E-state index is 11.1. The Labute approximate surface area is 110 Å². The molecular weight excluding hydrogens is 252 g/mol. The van der Waals surface area contributed by atoms with Crippen LogP contribution in [-0.4, -0.2) is 46.8 Å². The summed E-state index contributed by atoms with van der Waals surface area (Å²) in [4.78, 5) is 20.2. The molecule has 1 fully saturated rings. The quantitative estimate of drug-likeness (QED) is 0.630. The molecule has 0 saturated carbocycles. The lowest BCUT2D eigenvalue weighted by Gasteiger charge is -2.31. The molecule has 2 rings (SSSR count). The average molecular weight is 268 g/mol. The van der Waals surface area contributed by atoms with E-state index in [1.807, 2.05) is 4.90 Å². The zero-order valence-electron chi connectivity index (χ0n) is 10.7. The summed E-state index contributed by atoms with van der Waals surface area (Å²) >= 11 is 0. The summed E-state index contributed by atoms with van der Waals surface area (Å²) in [6.45, 7) is 1.42. The standard InChI is InChI=1S/C11H16N4O4/c1-19-11-9(15(17)18)10(12-7-13-11)14-4-2-8(6-16)3-5-14/h7-8,16H,2-6H2,1H3. The Hall–Kier alpha value is -1.96. The number of aliphatic hydroxyl groups is 1. The van der Waals surface area contributed by atoms with Crippen LogP contribution in [0.2, 0.25) is 0 Å². The zero-order chi connectivity index (χ0) is 13.8. The SMILES string of the molecule is COc1ncnc(N2CCC(CO)CC2)c1[N+](=O)[O-]. The predicted octanol–water partition coefficient (Wildman–Crippen LogP) is 0.602. The van der Waals surface area contributed by atoms with Crippen LogP contribution in [0.5, 0.6) is 5.88 Å². The first-order chi connectivity index (χ1) is 9.17. The van der Waals surface area contributed by atoms with Crippen LogP contribution in [-0.2, 0) is 0 Å².